The highest BCUT2D eigenvalue weighted by Gasteiger charge is 2.26. The molecule has 1 aliphatic carbocycles. The van der Waals surface area contributed by atoms with Crippen molar-refractivity contribution < 1.29 is 13.3 Å². The molecule has 0 spiro atoms. The largest absolute Gasteiger partial charge is 0.289 e. The smallest absolute Gasteiger partial charge is 0.279 e. The van der Waals surface area contributed by atoms with Crippen molar-refractivity contribution in [2.75, 3.05) is 4.72 Å². The van der Waals surface area contributed by atoms with E-state index in [0.29, 0.717) is 5.69 Å². The van der Waals surface area contributed by atoms with E-state index in [4.69, 9.17) is 0 Å². The molecular formula is C16H16N2O4S. The predicted octanol–water partition coefficient (Wildman–Crippen LogP) is 3.27. The Labute approximate surface area is 134 Å². The van der Waals surface area contributed by atoms with Crippen LogP contribution >= 0.6 is 0 Å². The minimum atomic E-state index is -4.01. The number of para-hydroxylation sites is 1. The Bertz CT molecular complexity index is 862. The summed E-state index contributed by atoms with van der Waals surface area (Å²) >= 11 is 0. The van der Waals surface area contributed by atoms with Gasteiger partial charge in [0.25, 0.3) is 15.7 Å². The summed E-state index contributed by atoms with van der Waals surface area (Å²) in [6.07, 6.45) is 3.84. The number of sulfonamides is 1. The van der Waals surface area contributed by atoms with Crippen molar-refractivity contribution in [3.8, 4) is 0 Å². The number of nitro groups is 1. The lowest BCUT2D eigenvalue weighted by Gasteiger charge is -2.20. The van der Waals surface area contributed by atoms with Crippen LogP contribution in [0.5, 0.6) is 0 Å². The number of anilines is 1. The van der Waals surface area contributed by atoms with Gasteiger partial charge in [0.1, 0.15) is 0 Å². The second kappa shape index (κ2) is 6.00. The molecule has 0 atom stereocenters. The molecule has 2 aromatic carbocycles. The molecule has 0 aromatic heterocycles. The summed E-state index contributed by atoms with van der Waals surface area (Å²) in [5, 5.41) is 11.1. The molecular weight excluding hydrogens is 316 g/mol. The number of hydrogen-bond donors (Lipinski definition) is 1. The third-order valence-corrected chi connectivity index (χ3v) is 5.40. The molecule has 0 unspecified atom stereocenters. The number of hydrogen-bond acceptors (Lipinski definition) is 4. The van der Waals surface area contributed by atoms with Crippen molar-refractivity contribution in [1.82, 2.24) is 0 Å². The van der Waals surface area contributed by atoms with Crippen LogP contribution in [0, 0.1) is 10.1 Å². The van der Waals surface area contributed by atoms with Gasteiger partial charge in [-0.1, -0.05) is 24.3 Å². The Morgan fingerprint density at radius 1 is 1.00 bits per heavy atom. The lowest BCUT2D eigenvalue weighted by atomic mass is 9.91. The first-order valence-electron chi connectivity index (χ1n) is 7.36. The van der Waals surface area contributed by atoms with Crippen LogP contribution in [-0.4, -0.2) is 13.3 Å². The van der Waals surface area contributed by atoms with Gasteiger partial charge in [0.05, 0.1) is 10.6 Å². The fourth-order valence-corrected chi connectivity index (χ4v) is 4.18. The van der Waals surface area contributed by atoms with Gasteiger partial charge in [-0.25, -0.2) is 8.42 Å². The van der Waals surface area contributed by atoms with Crippen molar-refractivity contribution in [3.05, 3.63) is 63.7 Å². The van der Waals surface area contributed by atoms with E-state index in [-0.39, 0.29) is 4.90 Å². The summed E-state index contributed by atoms with van der Waals surface area (Å²) in [6.45, 7) is 0. The van der Waals surface area contributed by atoms with Crippen molar-refractivity contribution in [1.29, 1.82) is 0 Å². The number of nitrogens with zero attached hydrogens (tertiary/aromatic N) is 1. The van der Waals surface area contributed by atoms with Crippen molar-refractivity contribution in [2.24, 2.45) is 0 Å². The number of rotatable bonds is 4. The van der Waals surface area contributed by atoms with Crippen LogP contribution in [0.1, 0.15) is 24.0 Å². The van der Waals surface area contributed by atoms with Crippen LogP contribution in [0.15, 0.2) is 47.4 Å². The van der Waals surface area contributed by atoms with E-state index in [1.807, 2.05) is 6.07 Å². The summed E-state index contributed by atoms with van der Waals surface area (Å²) < 4.78 is 27.7. The van der Waals surface area contributed by atoms with Crippen LogP contribution in [0.3, 0.4) is 0 Å². The highest BCUT2D eigenvalue weighted by atomic mass is 32.2. The van der Waals surface area contributed by atoms with Gasteiger partial charge in [0.2, 0.25) is 0 Å². The maximum atomic E-state index is 12.6. The quantitative estimate of drug-likeness (QED) is 0.687. The molecule has 1 aliphatic rings. The summed E-state index contributed by atoms with van der Waals surface area (Å²) in [4.78, 5) is 10.1. The average Bonchev–Trinajstić information content (AvgIpc) is 2.55. The molecule has 0 saturated heterocycles. The van der Waals surface area contributed by atoms with Gasteiger partial charge in [-0.2, -0.15) is 0 Å². The average molecular weight is 332 g/mol. The number of fused-ring (bicyclic) bond motifs is 1. The van der Waals surface area contributed by atoms with E-state index >= 15 is 0 Å². The van der Waals surface area contributed by atoms with Crippen molar-refractivity contribution in [2.45, 2.75) is 30.6 Å². The molecule has 120 valence electrons. The van der Waals surface area contributed by atoms with Gasteiger partial charge in [-0.05, 0) is 48.9 Å². The van der Waals surface area contributed by atoms with E-state index < -0.39 is 20.6 Å². The van der Waals surface area contributed by atoms with Crippen LogP contribution in [-0.2, 0) is 22.9 Å². The molecule has 0 saturated carbocycles. The number of benzene rings is 2. The molecule has 3 rings (SSSR count). The van der Waals surface area contributed by atoms with Gasteiger partial charge in [0, 0.05) is 6.07 Å². The molecule has 0 bridgehead atoms. The summed E-state index contributed by atoms with van der Waals surface area (Å²) in [6, 6.07) is 10.9. The van der Waals surface area contributed by atoms with Crippen molar-refractivity contribution >= 4 is 21.4 Å². The van der Waals surface area contributed by atoms with E-state index in [9.17, 15) is 18.5 Å². The lowest BCUT2D eigenvalue weighted by Crippen LogP contribution is -2.17. The third kappa shape index (κ3) is 3.05. The Hall–Kier alpha value is -2.41. The SMILES string of the molecule is O=[N+]([O-])c1ccccc1S(=O)(=O)Nc1cccc2c1CCCC2. The maximum Gasteiger partial charge on any atom is 0.289 e. The lowest BCUT2D eigenvalue weighted by molar-refractivity contribution is -0.387. The first-order valence-corrected chi connectivity index (χ1v) is 8.84. The van der Waals surface area contributed by atoms with E-state index in [1.165, 1.54) is 24.3 Å². The van der Waals surface area contributed by atoms with Crippen LogP contribution in [0.4, 0.5) is 11.4 Å². The third-order valence-electron chi connectivity index (χ3n) is 3.99. The molecule has 0 heterocycles. The predicted molar refractivity (Wildman–Crippen MR) is 87.0 cm³/mol. The second-order valence-electron chi connectivity index (χ2n) is 5.48. The van der Waals surface area contributed by atoms with Crippen molar-refractivity contribution in [3.63, 3.8) is 0 Å². The molecule has 0 radical (unpaired) electrons. The van der Waals surface area contributed by atoms with E-state index in [1.54, 1.807) is 12.1 Å². The van der Waals surface area contributed by atoms with E-state index in [0.717, 1.165) is 36.8 Å². The molecule has 2 aromatic rings. The molecule has 0 aliphatic heterocycles. The van der Waals surface area contributed by atoms with Gasteiger partial charge in [-0.15, -0.1) is 0 Å². The molecule has 7 heteroatoms. The maximum absolute atomic E-state index is 12.6. The molecule has 6 nitrogen and oxygen atoms in total. The molecule has 0 fully saturated rings. The number of nitrogens with one attached hydrogen (secondary N) is 1. The van der Waals surface area contributed by atoms with Gasteiger partial charge in [-0.3, -0.25) is 14.8 Å². The van der Waals surface area contributed by atoms with Gasteiger partial charge >= 0.3 is 0 Å². The second-order valence-corrected chi connectivity index (χ2v) is 7.13. The van der Waals surface area contributed by atoms with Gasteiger partial charge in [0.15, 0.2) is 4.90 Å². The standard InChI is InChI=1S/C16H16N2O4S/c19-18(20)15-10-3-4-11-16(15)23(21,22)17-14-9-5-7-12-6-1-2-8-13(12)14/h3-5,7,9-11,17H,1-2,6,8H2. The van der Waals surface area contributed by atoms with Crippen LogP contribution < -0.4 is 4.72 Å². The summed E-state index contributed by atoms with van der Waals surface area (Å²) in [5.74, 6) is 0. The number of aryl methyl sites for hydroxylation is 1. The Kier molecular flexibility index (Phi) is 4.04. The first kappa shape index (κ1) is 15.5. The topological polar surface area (TPSA) is 89.3 Å². The fourth-order valence-electron chi connectivity index (χ4n) is 2.91. The summed E-state index contributed by atoms with van der Waals surface area (Å²) in [5.41, 5.74) is 2.21. The van der Waals surface area contributed by atoms with Crippen LogP contribution in [0.25, 0.3) is 0 Å². The highest BCUT2D eigenvalue weighted by Crippen LogP contribution is 2.31. The monoisotopic (exact) mass is 332 g/mol. The summed E-state index contributed by atoms with van der Waals surface area (Å²) in [7, 11) is -4.01. The zero-order valence-electron chi connectivity index (χ0n) is 12.4. The van der Waals surface area contributed by atoms with Crippen LogP contribution in [0.2, 0.25) is 0 Å². The highest BCUT2D eigenvalue weighted by molar-refractivity contribution is 7.92. The molecule has 1 N–H and O–H groups in total. The Balaban J connectivity index is 2.02. The molecule has 23 heavy (non-hydrogen) atoms. The normalized spacial score (nSPS) is 14.1. The van der Waals surface area contributed by atoms with E-state index in [2.05, 4.69) is 4.72 Å². The Morgan fingerprint density at radius 2 is 1.74 bits per heavy atom. The zero-order valence-corrected chi connectivity index (χ0v) is 13.2. The van der Waals surface area contributed by atoms with Gasteiger partial charge < -0.3 is 0 Å². The Morgan fingerprint density at radius 3 is 2.52 bits per heavy atom. The first-order chi connectivity index (χ1) is 11.0. The molecule has 0 amide bonds. The number of nitro benzene ring substituents is 1. The minimum Gasteiger partial charge on any atom is -0.279 e. The zero-order chi connectivity index (χ0) is 16.4. The minimum absolute atomic E-state index is 0.321. The fraction of sp³-hybridized carbons (Fsp3) is 0.250.